The van der Waals surface area contributed by atoms with Crippen molar-refractivity contribution >= 4 is 0 Å². The van der Waals surface area contributed by atoms with Gasteiger partial charge in [0.1, 0.15) is 12.4 Å². The zero-order chi connectivity index (χ0) is 19.6. The zero-order valence-electron chi connectivity index (χ0n) is 18.2. The molecule has 0 saturated carbocycles. The second-order valence-electron chi connectivity index (χ2n) is 9.96. The van der Waals surface area contributed by atoms with Crippen LogP contribution in [0.2, 0.25) is 0 Å². The summed E-state index contributed by atoms with van der Waals surface area (Å²) in [5.74, 6) is 0.638. The van der Waals surface area contributed by atoms with Gasteiger partial charge in [-0.1, -0.05) is 0 Å². The van der Waals surface area contributed by atoms with Gasteiger partial charge in [-0.25, -0.2) is 4.90 Å². The summed E-state index contributed by atoms with van der Waals surface area (Å²) < 4.78 is 5.51. The van der Waals surface area contributed by atoms with Crippen molar-refractivity contribution in [3.8, 4) is 0 Å². The van der Waals surface area contributed by atoms with Gasteiger partial charge in [0.2, 0.25) is 0 Å². The molecule has 0 aromatic heterocycles. The van der Waals surface area contributed by atoms with Gasteiger partial charge in [-0.3, -0.25) is 15.1 Å². The number of likely N-dealkylation sites (tertiary alicyclic amines) is 2. The van der Waals surface area contributed by atoms with E-state index in [0.717, 1.165) is 32.3 Å². The molecular formula is C21H42N6O2+2. The number of nitrogens with one attached hydrogen (secondary N) is 3. The average molecular weight is 411 g/mol. The zero-order valence-corrected chi connectivity index (χ0v) is 18.2. The molecule has 5 saturated heterocycles. The fourth-order valence-electron chi connectivity index (χ4n) is 6.33. The Labute approximate surface area is 175 Å². The Kier molecular flexibility index (Phi) is 6.70. The molecule has 5 N–H and O–H groups in total. The van der Waals surface area contributed by atoms with Crippen LogP contribution in [-0.2, 0) is 9.57 Å². The number of hydroxylamine groups is 1. The van der Waals surface area contributed by atoms with E-state index in [0.29, 0.717) is 24.3 Å². The van der Waals surface area contributed by atoms with Crippen molar-refractivity contribution in [2.45, 2.75) is 69.2 Å². The highest BCUT2D eigenvalue weighted by atomic mass is 16.7. The van der Waals surface area contributed by atoms with Crippen molar-refractivity contribution < 1.29 is 19.8 Å². The summed E-state index contributed by atoms with van der Waals surface area (Å²) in [7, 11) is 2.33. The highest BCUT2D eigenvalue weighted by Crippen LogP contribution is 2.28. The van der Waals surface area contributed by atoms with Crippen molar-refractivity contribution in [3.05, 3.63) is 0 Å². The minimum atomic E-state index is 0.145. The van der Waals surface area contributed by atoms with Gasteiger partial charge in [-0.05, 0) is 25.8 Å². The lowest BCUT2D eigenvalue weighted by Gasteiger charge is -2.38. The number of rotatable bonds is 4. The van der Waals surface area contributed by atoms with Crippen LogP contribution in [-0.4, -0.2) is 100.0 Å². The molecule has 5 aliphatic rings. The van der Waals surface area contributed by atoms with Crippen LogP contribution < -0.4 is 21.0 Å². The quantitative estimate of drug-likeness (QED) is 0.412. The van der Waals surface area contributed by atoms with E-state index in [1.165, 1.54) is 64.7 Å². The van der Waals surface area contributed by atoms with Gasteiger partial charge in [0.25, 0.3) is 0 Å². The lowest BCUT2D eigenvalue weighted by atomic mass is 9.94. The van der Waals surface area contributed by atoms with E-state index in [4.69, 9.17) is 9.57 Å². The summed E-state index contributed by atoms with van der Waals surface area (Å²) in [5, 5.41) is 6.40. The van der Waals surface area contributed by atoms with Crippen LogP contribution in [0.4, 0.5) is 0 Å². The van der Waals surface area contributed by atoms with Crippen molar-refractivity contribution in [1.29, 1.82) is 0 Å². The van der Waals surface area contributed by atoms with Crippen LogP contribution in [0.1, 0.15) is 38.5 Å². The molecule has 8 nitrogen and oxygen atoms in total. The van der Waals surface area contributed by atoms with Crippen molar-refractivity contribution in [3.63, 3.8) is 0 Å². The summed E-state index contributed by atoms with van der Waals surface area (Å²) in [6.45, 7) is 9.02. The van der Waals surface area contributed by atoms with Crippen LogP contribution in [0.5, 0.6) is 0 Å². The number of piperidine rings is 2. The fraction of sp³-hybridized carbons (Fsp3) is 1.00. The van der Waals surface area contributed by atoms with E-state index < -0.39 is 0 Å². The third-order valence-electron chi connectivity index (χ3n) is 8.17. The van der Waals surface area contributed by atoms with E-state index in [1.54, 1.807) is 4.90 Å². The lowest BCUT2D eigenvalue weighted by Crippen LogP contribution is -3.10. The van der Waals surface area contributed by atoms with Crippen molar-refractivity contribution in [1.82, 2.24) is 20.6 Å². The molecular weight excluding hydrogens is 368 g/mol. The van der Waals surface area contributed by atoms with Crippen molar-refractivity contribution in [2.75, 3.05) is 59.5 Å². The molecule has 0 aromatic rings. The molecule has 0 radical (unpaired) electrons. The minimum absolute atomic E-state index is 0.145. The average Bonchev–Trinajstić information content (AvgIpc) is 3.45. The summed E-state index contributed by atoms with van der Waals surface area (Å²) >= 11 is 0. The number of hydrogen-bond donors (Lipinski definition) is 4. The molecule has 166 valence electrons. The summed E-state index contributed by atoms with van der Waals surface area (Å²) in [6, 6.07) is 1.29. The summed E-state index contributed by atoms with van der Waals surface area (Å²) in [6.07, 6.45) is 8.88. The predicted octanol–water partition coefficient (Wildman–Crippen LogP) is -2.46. The summed E-state index contributed by atoms with van der Waals surface area (Å²) in [4.78, 5) is 13.2. The van der Waals surface area contributed by atoms with Crippen LogP contribution in [0.15, 0.2) is 0 Å². The molecule has 0 amide bonds. The highest BCUT2D eigenvalue weighted by molar-refractivity contribution is 4.93. The van der Waals surface area contributed by atoms with E-state index in [2.05, 4.69) is 33.0 Å². The number of morpholine rings is 1. The minimum Gasteiger partial charge on any atom is -0.379 e. The van der Waals surface area contributed by atoms with Crippen LogP contribution in [0.25, 0.3) is 0 Å². The largest absolute Gasteiger partial charge is 0.379 e. The maximum Gasteiger partial charge on any atom is 0.146 e. The first-order chi connectivity index (χ1) is 14.3. The van der Waals surface area contributed by atoms with Crippen molar-refractivity contribution in [2.24, 2.45) is 5.92 Å². The molecule has 5 heterocycles. The van der Waals surface area contributed by atoms with E-state index in [-0.39, 0.29) is 6.23 Å². The number of ether oxygens (including phenoxy) is 1. The fourth-order valence-corrected chi connectivity index (χ4v) is 6.33. The molecule has 5 aliphatic heterocycles. The number of nitrogens with two attached hydrogens (primary N) is 1. The Morgan fingerprint density at radius 1 is 1.00 bits per heavy atom. The SMILES string of the molecule is C[NH+]1CCC(N2CCCC2C2NC(C3CCC(N4CCOCC4)[NH2+]C3)NO2)CC1. The molecule has 0 aromatic carbocycles. The lowest BCUT2D eigenvalue weighted by molar-refractivity contribution is -0.885. The highest BCUT2D eigenvalue weighted by Gasteiger charge is 2.44. The monoisotopic (exact) mass is 410 g/mol. The van der Waals surface area contributed by atoms with E-state index in [9.17, 15) is 0 Å². The Morgan fingerprint density at radius 3 is 2.59 bits per heavy atom. The normalized spacial score (nSPS) is 45.6. The first-order valence-electron chi connectivity index (χ1n) is 12.2. The number of nitrogens with zero attached hydrogens (tertiary/aromatic N) is 2. The molecule has 0 bridgehead atoms. The maximum absolute atomic E-state index is 6.14. The van der Waals surface area contributed by atoms with Crippen LogP contribution >= 0.6 is 0 Å². The van der Waals surface area contributed by atoms with Gasteiger partial charge in [0.05, 0.1) is 52.1 Å². The van der Waals surface area contributed by atoms with Gasteiger partial charge in [0.15, 0.2) is 0 Å². The second kappa shape index (κ2) is 9.44. The van der Waals surface area contributed by atoms with Gasteiger partial charge >= 0.3 is 0 Å². The molecule has 0 spiro atoms. The van der Waals surface area contributed by atoms with E-state index in [1.807, 2.05) is 0 Å². The van der Waals surface area contributed by atoms with Gasteiger partial charge < -0.3 is 15.0 Å². The van der Waals surface area contributed by atoms with Crippen LogP contribution in [0, 0.1) is 5.92 Å². The molecule has 8 heteroatoms. The maximum atomic E-state index is 6.14. The molecule has 29 heavy (non-hydrogen) atoms. The van der Waals surface area contributed by atoms with Crippen LogP contribution in [0.3, 0.4) is 0 Å². The Bertz CT molecular complexity index is 517. The Morgan fingerprint density at radius 2 is 1.83 bits per heavy atom. The first-order valence-corrected chi connectivity index (χ1v) is 12.2. The molecule has 5 unspecified atom stereocenters. The standard InChI is InChI=1S/C21H40N6O2/c1-25-9-6-17(7-10-25)27-8-2-3-18(27)21-23-20(24-29-21)16-4-5-19(22-15-16)26-11-13-28-14-12-26/h16-24H,2-15H2,1H3/p+2. The molecule has 5 fully saturated rings. The van der Waals surface area contributed by atoms with Gasteiger partial charge in [-0.2, -0.15) is 5.48 Å². The first kappa shape index (κ1) is 20.6. The van der Waals surface area contributed by atoms with Gasteiger partial charge in [0, 0.05) is 44.3 Å². The Hall–Kier alpha value is -0.320. The Balaban J connectivity index is 1.11. The number of quaternary nitrogens is 2. The molecule has 5 rings (SSSR count). The predicted molar refractivity (Wildman–Crippen MR) is 110 cm³/mol. The smallest absolute Gasteiger partial charge is 0.146 e. The number of hydrogen-bond acceptors (Lipinski definition) is 6. The topological polar surface area (TPSA) is 70.1 Å². The molecule has 0 aliphatic carbocycles. The summed E-state index contributed by atoms with van der Waals surface area (Å²) in [5.41, 5.74) is 3.38. The van der Waals surface area contributed by atoms with Gasteiger partial charge in [-0.15, -0.1) is 0 Å². The second-order valence-corrected chi connectivity index (χ2v) is 9.96. The third-order valence-corrected chi connectivity index (χ3v) is 8.17. The van der Waals surface area contributed by atoms with E-state index >= 15 is 0 Å². The third kappa shape index (κ3) is 4.65. The molecule has 5 atom stereocenters.